The van der Waals surface area contributed by atoms with Gasteiger partial charge in [0.2, 0.25) is 0 Å². The Bertz CT molecular complexity index is 3390. The molecule has 12 rings (SSSR count). The van der Waals surface area contributed by atoms with E-state index < -0.39 is 0 Å². The zero-order chi connectivity index (χ0) is 41.4. The molecule has 1 unspecified atom stereocenters. The first kappa shape index (κ1) is 36.1. The van der Waals surface area contributed by atoms with Gasteiger partial charge in [0.15, 0.2) is 0 Å². The van der Waals surface area contributed by atoms with Gasteiger partial charge in [-0.3, -0.25) is 4.99 Å². The lowest BCUT2D eigenvalue weighted by Gasteiger charge is -2.26. The van der Waals surface area contributed by atoms with Gasteiger partial charge >= 0.3 is 0 Å². The van der Waals surface area contributed by atoms with E-state index in [9.17, 15) is 0 Å². The minimum Gasteiger partial charge on any atom is -0.359 e. The predicted octanol–water partition coefficient (Wildman–Crippen LogP) is 14.7. The second-order valence-electron chi connectivity index (χ2n) is 17.2. The van der Waals surface area contributed by atoms with Gasteiger partial charge in [0.25, 0.3) is 0 Å². The van der Waals surface area contributed by atoms with Crippen molar-refractivity contribution in [1.29, 1.82) is 0 Å². The molecule has 3 nitrogen and oxygen atoms in total. The largest absolute Gasteiger partial charge is 0.359 e. The highest BCUT2D eigenvalue weighted by Gasteiger charge is 2.35. The molecule has 1 aliphatic heterocycles. The van der Waals surface area contributed by atoms with Gasteiger partial charge in [-0.25, -0.2) is 0 Å². The van der Waals surface area contributed by atoms with Crippen molar-refractivity contribution in [3.8, 4) is 39.1 Å². The number of allylic oxidation sites excluding steroid dienone is 1. The number of nitrogens with one attached hydrogen (secondary N) is 1. The molecule has 0 radical (unpaired) electrons. The molecule has 1 aromatic heterocycles. The highest BCUT2D eigenvalue weighted by Crippen LogP contribution is 2.49. The van der Waals surface area contributed by atoms with Crippen LogP contribution in [0, 0.1) is 0 Å². The SMILES string of the molecule is CC1(C)c2ccccc2-c2ccc(-c3ccc(C4=NC(c5ccccc5)NC(c5ccc(-c6ccc(-n7c8ccccc8c8ccccc87)cc6)c6ccccc56)=C4)cc3)cc21. The maximum absolute atomic E-state index is 5.33. The normalized spacial score (nSPS) is 15.2. The molecule has 294 valence electrons. The lowest BCUT2D eigenvalue weighted by Crippen LogP contribution is -2.25. The van der Waals surface area contributed by atoms with E-state index in [0.717, 1.165) is 33.8 Å². The van der Waals surface area contributed by atoms with Gasteiger partial charge in [-0.2, -0.15) is 0 Å². The van der Waals surface area contributed by atoms with Crippen LogP contribution < -0.4 is 5.32 Å². The fraction of sp³-hybridized carbons (Fsp3) is 0.0678. The highest BCUT2D eigenvalue weighted by atomic mass is 15.1. The van der Waals surface area contributed by atoms with Gasteiger partial charge in [-0.05, 0) is 103 Å². The number of fused-ring (bicyclic) bond motifs is 7. The van der Waals surface area contributed by atoms with E-state index in [-0.39, 0.29) is 11.6 Å². The molecule has 2 heterocycles. The number of aromatic nitrogens is 1. The summed E-state index contributed by atoms with van der Waals surface area (Å²) >= 11 is 0. The molecule has 2 aliphatic rings. The Balaban J connectivity index is 0.903. The van der Waals surface area contributed by atoms with Crippen molar-refractivity contribution in [2.75, 3.05) is 0 Å². The smallest absolute Gasteiger partial charge is 0.145 e. The van der Waals surface area contributed by atoms with Crippen LogP contribution in [0.25, 0.3) is 77.3 Å². The number of hydrogen-bond donors (Lipinski definition) is 1. The van der Waals surface area contributed by atoms with E-state index in [1.54, 1.807) is 0 Å². The third kappa shape index (κ3) is 5.77. The van der Waals surface area contributed by atoms with Crippen molar-refractivity contribution in [3.05, 3.63) is 240 Å². The number of benzene rings is 9. The Morgan fingerprint density at radius 2 is 0.968 bits per heavy atom. The zero-order valence-corrected chi connectivity index (χ0v) is 34.7. The average Bonchev–Trinajstić information content (AvgIpc) is 3.79. The van der Waals surface area contributed by atoms with Crippen LogP contribution in [-0.2, 0) is 5.41 Å². The zero-order valence-electron chi connectivity index (χ0n) is 34.7. The van der Waals surface area contributed by atoms with Crippen molar-refractivity contribution < 1.29 is 0 Å². The summed E-state index contributed by atoms with van der Waals surface area (Å²) in [4.78, 5) is 5.33. The van der Waals surface area contributed by atoms with E-state index in [2.05, 4.69) is 236 Å². The number of hydrogen-bond acceptors (Lipinski definition) is 2. The van der Waals surface area contributed by atoms with Gasteiger partial charge in [0, 0.05) is 33.1 Å². The Labute approximate surface area is 362 Å². The molecule has 62 heavy (non-hydrogen) atoms. The van der Waals surface area contributed by atoms with Gasteiger partial charge in [0.05, 0.1) is 16.7 Å². The summed E-state index contributed by atoms with van der Waals surface area (Å²) in [6.45, 7) is 4.68. The molecule has 0 spiro atoms. The predicted molar refractivity (Wildman–Crippen MR) is 260 cm³/mol. The average molecular weight is 794 g/mol. The Hall–Kier alpha value is -7.75. The summed E-state index contributed by atoms with van der Waals surface area (Å²) in [6.07, 6.45) is 1.99. The fourth-order valence-electron chi connectivity index (χ4n) is 10.1. The van der Waals surface area contributed by atoms with E-state index >= 15 is 0 Å². The second-order valence-corrected chi connectivity index (χ2v) is 17.2. The van der Waals surface area contributed by atoms with Crippen LogP contribution in [0.2, 0.25) is 0 Å². The molecular weight excluding hydrogens is 751 g/mol. The van der Waals surface area contributed by atoms with E-state index in [1.165, 1.54) is 77.1 Å². The van der Waals surface area contributed by atoms with Gasteiger partial charge in [-0.15, -0.1) is 0 Å². The highest BCUT2D eigenvalue weighted by molar-refractivity contribution is 6.15. The molecule has 1 aliphatic carbocycles. The Kier molecular flexibility index (Phi) is 8.26. The van der Waals surface area contributed by atoms with Crippen LogP contribution >= 0.6 is 0 Å². The first-order chi connectivity index (χ1) is 30.5. The molecule has 0 fully saturated rings. The third-order valence-corrected chi connectivity index (χ3v) is 13.3. The van der Waals surface area contributed by atoms with Crippen molar-refractivity contribution in [3.63, 3.8) is 0 Å². The monoisotopic (exact) mass is 793 g/mol. The number of nitrogens with zero attached hydrogens (tertiary/aromatic N) is 2. The quantitative estimate of drug-likeness (QED) is 0.178. The van der Waals surface area contributed by atoms with Crippen LogP contribution in [-0.4, -0.2) is 10.3 Å². The molecule has 3 heteroatoms. The number of rotatable bonds is 6. The van der Waals surface area contributed by atoms with Gasteiger partial charge in [-0.1, -0.05) is 190 Å². The van der Waals surface area contributed by atoms with E-state index in [0.29, 0.717) is 0 Å². The second kappa shape index (κ2) is 14.2. The minimum absolute atomic E-state index is 0.0409. The van der Waals surface area contributed by atoms with Crippen LogP contribution in [0.5, 0.6) is 0 Å². The molecule has 0 bridgehead atoms. The van der Waals surface area contributed by atoms with Crippen molar-refractivity contribution in [2.24, 2.45) is 4.99 Å². The fourth-order valence-corrected chi connectivity index (χ4v) is 10.1. The summed E-state index contributed by atoms with van der Waals surface area (Å²) in [7, 11) is 0. The van der Waals surface area contributed by atoms with Crippen molar-refractivity contribution >= 4 is 44.0 Å². The standard InChI is InChI=1S/C59H43N3/c1-59(2)52-21-11-8-18-47(52)48-33-30-42(36-53(48)59)38-24-26-40(27-25-38)54-37-55(61-58(60-54)41-14-4-3-5-15-41)49-35-34-44(45-16-6-7-17-46(45)49)39-28-31-43(32-29-39)62-56-22-12-9-19-50(56)51-20-10-13-23-57(51)62/h3-37,58,61H,1-2H3. The minimum atomic E-state index is -0.238. The van der Waals surface area contributed by atoms with E-state index in [4.69, 9.17) is 4.99 Å². The van der Waals surface area contributed by atoms with Gasteiger partial charge < -0.3 is 9.88 Å². The molecule has 0 saturated carbocycles. The first-order valence-corrected chi connectivity index (χ1v) is 21.6. The summed E-state index contributed by atoms with van der Waals surface area (Å²) in [5, 5.41) is 8.78. The summed E-state index contributed by atoms with van der Waals surface area (Å²) in [5.41, 5.74) is 19.2. The topological polar surface area (TPSA) is 29.3 Å². The molecule has 1 atom stereocenters. The maximum atomic E-state index is 5.33. The van der Waals surface area contributed by atoms with Crippen molar-refractivity contribution in [2.45, 2.75) is 25.4 Å². The van der Waals surface area contributed by atoms with Crippen LogP contribution in [0.3, 0.4) is 0 Å². The maximum Gasteiger partial charge on any atom is 0.145 e. The van der Waals surface area contributed by atoms with Crippen LogP contribution in [0.1, 0.15) is 47.8 Å². The Morgan fingerprint density at radius 3 is 1.69 bits per heavy atom. The first-order valence-electron chi connectivity index (χ1n) is 21.6. The number of aliphatic imine (C=N–C) groups is 1. The number of para-hydroxylation sites is 2. The van der Waals surface area contributed by atoms with E-state index in [1.807, 2.05) is 0 Å². The molecule has 1 N–H and O–H groups in total. The summed E-state index contributed by atoms with van der Waals surface area (Å²) in [6, 6.07) is 75.1. The van der Waals surface area contributed by atoms with Crippen LogP contribution in [0.15, 0.2) is 217 Å². The van der Waals surface area contributed by atoms with Crippen LogP contribution in [0.4, 0.5) is 0 Å². The third-order valence-electron chi connectivity index (χ3n) is 13.3. The lowest BCUT2D eigenvalue weighted by molar-refractivity contribution is 0.660. The molecular formula is C59H43N3. The molecule has 9 aromatic carbocycles. The summed E-state index contributed by atoms with van der Waals surface area (Å²) in [5.74, 6) is 0. The molecule has 0 amide bonds. The van der Waals surface area contributed by atoms with Crippen molar-refractivity contribution in [1.82, 2.24) is 9.88 Å². The van der Waals surface area contributed by atoms with Gasteiger partial charge in [0.1, 0.15) is 6.17 Å². The molecule has 10 aromatic rings. The Morgan fingerprint density at radius 1 is 0.435 bits per heavy atom. The molecule has 0 saturated heterocycles. The lowest BCUT2D eigenvalue weighted by atomic mass is 9.81. The summed E-state index contributed by atoms with van der Waals surface area (Å²) < 4.78 is 2.37.